The number of aliphatic hydroxyl groups excluding tert-OH is 1. The Labute approximate surface area is 98.2 Å². The van der Waals surface area contributed by atoms with Gasteiger partial charge in [-0.05, 0) is 12.1 Å². The van der Waals surface area contributed by atoms with Crippen molar-refractivity contribution in [1.82, 2.24) is 0 Å². The zero-order chi connectivity index (χ0) is 12.0. The maximum Gasteiger partial charge on any atom is 0.316 e. The van der Waals surface area contributed by atoms with Crippen LogP contribution in [0, 0.1) is 0 Å². The fourth-order valence-corrected chi connectivity index (χ4v) is 1.15. The fourth-order valence-electron chi connectivity index (χ4n) is 1.06. The molecule has 1 rings (SSSR count). The summed E-state index contributed by atoms with van der Waals surface area (Å²) in [6, 6.07) is 6.11. The molecule has 6 heteroatoms. The SMILES string of the molecule is NC(=O)Nc1ccccc1OCC(O)CCl. The number of anilines is 1. The van der Waals surface area contributed by atoms with Gasteiger partial charge in [0.2, 0.25) is 0 Å². The Kier molecular flexibility index (Phi) is 4.88. The molecular formula is C10H13ClN2O3. The van der Waals surface area contributed by atoms with Crippen LogP contribution in [-0.2, 0) is 0 Å². The molecule has 0 aliphatic heterocycles. The molecule has 0 fully saturated rings. The quantitative estimate of drug-likeness (QED) is 0.680. The van der Waals surface area contributed by atoms with E-state index in [9.17, 15) is 9.90 Å². The Hall–Kier alpha value is -1.46. The number of hydrogen-bond acceptors (Lipinski definition) is 3. The molecule has 0 bridgehead atoms. The van der Waals surface area contributed by atoms with Gasteiger partial charge in [-0.3, -0.25) is 0 Å². The lowest BCUT2D eigenvalue weighted by Crippen LogP contribution is -2.22. The Morgan fingerprint density at radius 1 is 1.56 bits per heavy atom. The molecule has 1 aromatic rings. The fraction of sp³-hybridized carbons (Fsp3) is 0.300. The van der Waals surface area contributed by atoms with E-state index < -0.39 is 12.1 Å². The Balaban J connectivity index is 2.67. The van der Waals surface area contributed by atoms with Gasteiger partial charge in [-0.1, -0.05) is 12.1 Å². The van der Waals surface area contributed by atoms with Gasteiger partial charge in [0.1, 0.15) is 18.5 Å². The molecular weight excluding hydrogens is 232 g/mol. The number of nitrogens with one attached hydrogen (secondary N) is 1. The van der Waals surface area contributed by atoms with E-state index in [1.165, 1.54) is 0 Å². The van der Waals surface area contributed by atoms with Crippen LogP contribution < -0.4 is 15.8 Å². The first-order valence-corrected chi connectivity index (χ1v) is 5.19. The van der Waals surface area contributed by atoms with Crippen molar-refractivity contribution in [3.8, 4) is 5.75 Å². The number of primary amides is 1. The Morgan fingerprint density at radius 2 is 2.25 bits per heavy atom. The summed E-state index contributed by atoms with van der Waals surface area (Å²) >= 11 is 5.42. The third kappa shape index (κ3) is 3.96. The zero-order valence-electron chi connectivity index (χ0n) is 8.52. The topological polar surface area (TPSA) is 84.6 Å². The lowest BCUT2D eigenvalue weighted by molar-refractivity contribution is 0.126. The number of urea groups is 1. The summed E-state index contributed by atoms with van der Waals surface area (Å²) in [4.78, 5) is 10.7. The molecule has 0 saturated heterocycles. The highest BCUT2D eigenvalue weighted by molar-refractivity contribution is 6.18. The number of benzene rings is 1. The minimum atomic E-state index is -0.747. The average Bonchev–Trinajstić information content (AvgIpc) is 2.26. The molecule has 1 unspecified atom stereocenters. The van der Waals surface area contributed by atoms with Crippen LogP contribution in [0.2, 0.25) is 0 Å². The van der Waals surface area contributed by atoms with Crippen LogP contribution in [0.5, 0.6) is 5.75 Å². The van der Waals surface area contributed by atoms with Crippen LogP contribution >= 0.6 is 11.6 Å². The maximum absolute atomic E-state index is 10.7. The van der Waals surface area contributed by atoms with E-state index in [0.29, 0.717) is 11.4 Å². The third-order valence-corrected chi connectivity index (χ3v) is 2.11. The Morgan fingerprint density at radius 3 is 2.88 bits per heavy atom. The molecule has 4 N–H and O–H groups in total. The molecule has 1 aromatic carbocycles. The first-order chi connectivity index (χ1) is 7.63. The summed E-state index contributed by atoms with van der Waals surface area (Å²) in [5.41, 5.74) is 5.45. The summed E-state index contributed by atoms with van der Waals surface area (Å²) < 4.78 is 5.29. The average molecular weight is 245 g/mol. The second-order valence-electron chi connectivity index (χ2n) is 3.10. The van der Waals surface area contributed by atoms with Crippen molar-refractivity contribution in [3.05, 3.63) is 24.3 Å². The van der Waals surface area contributed by atoms with Gasteiger partial charge in [-0.2, -0.15) is 0 Å². The number of amides is 2. The largest absolute Gasteiger partial charge is 0.489 e. The van der Waals surface area contributed by atoms with Gasteiger partial charge in [-0.25, -0.2) is 4.79 Å². The number of hydrogen-bond donors (Lipinski definition) is 3. The summed E-state index contributed by atoms with van der Waals surface area (Å²) in [6.07, 6.45) is -0.747. The monoisotopic (exact) mass is 244 g/mol. The normalized spacial score (nSPS) is 11.9. The summed E-state index contributed by atoms with van der Waals surface area (Å²) in [7, 11) is 0. The zero-order valence-corrected chi connectivity index (χ0v) is 9.28. The number of ether oxygens (including phenoxy) is 1. The molecule has 16 heavy (non-hydrogen) atoms. The van der Waals surface area contributed by atoms with Gasteiger partial charge in [0.25, 0.3) is 0 Å². The summed E-state index contributed by atoms with van der Waals surface area (Å²) in [5, 5.41) is 11.6. The van der Waals surface area contributed by atoms with Gasteiger partial charge in [0.05, 0.1) is 11.6 Å². The first kappa shape index (κ1) is 12.6. The van der Waals surface area contributed by atoms with Crippen LogP contribution in [0.4, 0.5) is 10.5 Å². The van der Waals surface area contributed by atoms with Gasteiger partial charge < -0.3 is 20.9 Å². The number of aliphatic hydroxyl groups is 1. The van der Waals surface area contributed by atoms with Crippen LogP contribution in [-0.4, -0.2) is 29.7 Å². The van der Waals surface area contributed by atoms with E-state index in [-0.39, 0.29) is 12.5 Å². The Bertz CT molecular complexity index is 360. The molecule has 5 nitrogen and oxygen atoms in total. The summed E-state index contributed by atoms with van der Waals surface area (Å²) in [5.74, 6) is 0.524. The molecule has 0 spiro atoms. The smallest absolute Gasteiger partial charge is 0.316 e. The van der Waals surface area contributed by atoms with Gasteiger partial charge in [0, 0.05) is 0 Å². The number of nitrogens with two attached hydrogens (primary N) is 1. The molecule has 0 aliphatic carbocycles. The van der Waals surface area contributed by atoms with E-state index >= 15 is 0 Å². The van der Waals surface area contributed by atoms with Crippen molar-refractivity contribution in [2.45, 2.75) is 6.10 Å². The number of halogens is 1. The molecule has 2 amide bonds. The predicted octanol–water partition coefficient (Wildman–Crippen LogP) is 1.16. The highest BCUT2D eigenvalue weighted by Crippen LogP contribution is 2.23. The van der Waals surface area contributed by atoms with Crippen molar-refractivity contribution in [2.24, 2.45) is 5.73 Å². The van der Waals surface area contributed by atoms with Crippen LogP contribution in [0.25, 0.3) is 0 Å². The lowest BCUT2D eigenvalue weighted by Gasteiger charge is -2.13. The van der Waals surface area contributed by atoms with Gasteiger partial charge in [-0.15, -0.1) is 11.6 Å². The highest BCUT2D eigenvalue weighted by atomic mass is 35.5. The molecule has 0 radical (unpaired) electrons. The number of carbonyl (C=O) groups excluding carboxylic acids is 1. The van der Waals surface area contributed by atoms with Crippen LogP contribution in [0.3, 0.4) is 0 Å². The van der Waals surface area contributed by atoms with E-state index in [2.05, 4.69) is 5.32 Å². The van der Waals surface area contributed by atoms with Crippen molar-refractivity contribution >= 4 is 23.3 Å². The molecule has 0 heterocycles. The number of para-hydroxylation sites is 2. The lowest BCUT2D eigenvalue weighted by atomic mass is 10.3. The van der Waals surface area contributed by atoms with E-state index in [4.69, 9.17) is 22.1 Å². The molecule has 1 atom stereocenters. The second-order valence-corrected chi connectivity index (χ2v) is 3.41. The molecule has 0 aromatic heterocycles. The molecule has 0 aliphatic rings. The predicted molar refractivity (Wildman–Crippen MR) is 61.9 cm³/mol. The van der Waals surface area contributed by atoms with Crippen molar-refractivity contribution in [3.63, 3.8) is 0 Å². The van der Waals surface area contributed by atoms with E-state index in [1.54, 1.807) is 24.3 Å². The summed E-state index contributed by atoms with van der Waals surface area (Å²) in [6.45, 7) is 0.0565. The maximum atomic E-state index is 10.7. The van der Waals surface area contributed by atoms with Gasteiger partial charge in [0.15, 0.2) is 0 Å². The minimum Gasteiger partial charge on any atom is -0.489 e. The van der Waals surface area contributed by atoms with Crippen LogP contribution in [0.15, 0.2) is 24.3 Å². The molecule has 0 saturated carbocycles. The van der Waals surface area contributed by atoms with Crippen molar-refractivity contribution in [2.75, 3.05) is 17.8 Å². The number of alkyl halides is 1. The van der Waals surface area contributed by atoms with Gasteiger partial charge >= 0.3 is 6.03 Å². The van der Waals surface area contributed by atoms with E-state index in [1.807, 2.05) is 0 Å². The second kappa shape index (κ2) is 6.19. The number of rotatable bonds is 5. The van der Waals surface area contributed by atoms with Crippen LogP contribution in [0.1, 0.15) is 0 Å². The number of carbonyl (C=O) groups is 1. The van der Waals surface area contributed by atoms with Crippen molar-refractivity contribution < 1.29 is 14.6 Å². The molecule has 88 valence electrons. The van der Waals surface area contributed by atoms with E-state index in [0.717, 1.165) is 0 Å². The highest BCUT2D eigenvalue weighted by Gasteiger charge is 2.07. The minimum absolute atomic E-state index is 0.0565. The third-order valence-electron chi connectivity index (χ3n) is 1.75. The standard InChI is InChI=1S/C10H13ClN2O3/c11-5-7(14)6-16-9-4-2-1-3-8(9)13-10(12)15/h1-4,7,14H,5-6H2,(H3,12,13,15). The first-order valence-electron chi connectivity index (χ1n) is 4.65. The van der Waals surface area contributed by atoms with Crippen molar-refractivity contribution in [1.29, 1.82) is 0 Å².